The highest BCUT2D eigenvalue weighted by Crippen LogP contribution is 2.52. The Morgan fingerprint density at radius 1 is 1.41 bits per heavy atom. The van der Waals surface area contributed by atoms with Crippen LogP contribution in [0.25, 0.3) is 0 Å². The van der Waals surface area contributed by atoms with Gasteiger partial charge in [-0.05, 0) is 19.8 Å². The molecule has 0 heterocycles. The van der Waals surface area contributed by atoms with Gasteiger partial charge in [0.15, 0.2) is 0 Å². The number of aliphatic hydroxyl groups excluding tert-OH is 1. The van der Waals surface area contributed by atoms with Crippen molar-refractivity contribution in [2.45, 2.75) is 51.3 Å². The number of aliphatic hydroxyl groups is 1. The molecule has 0 saturated heterocycles. The molecule has 1 fully saturated rings. The van der Waals surface area contributed by atoms with E-state index in [0.717, 1.165) is 12.8 Å². The molecule has 0 aromatic carbocycles. The number of amides is 1. The molecule has 6 heteroatoms. The molecule has 0 aromatic heterocycles. The van der Waals surface area contributed by atoms with E-state index in [1.165, 1.54) is 11.8 Å². The normalized spacial score (nSPS) is 28.5. The highest BCUT2D eigenvalue weighted by Gasteiger charge is 2.39. The van der Waals surface area contributed by atoms with Gasteiger partial charge in [-0.3, -0.25) is 9.36 Å². The van der Waals surface area contributed by atoms with Crippen LogP contribution < -0.4 is 0 Å². The van der Waals surface area contributed by atoms with Crippen LogP contribution in [0.3, 0.4) is 0 Å². The van der Waals surface area contributed by atoms with Crippen molar-refractivity contribution in [3.63, 3.8) is 0 Å². The van der Waals surface area contributed by atoms with Crippen LogP contribution in [0.4, 0.5) is 0 Å². The summed E-state index contributed by atoms with van der Waals surface area (Å²) >= 11 is 0. The van der Waals surface area contributed by atoms with Gasteiger partial charge in [0.1, 0.15) is 0 Å². The molecule has 1 unspecified atom stereocenters. The molecule has 17 heavy (non-hydrogen) atoms. The number of hydrogen-bond donors (Lipinski definition) is 2. The summed E-state index contributed by atoms with van der Waals surface area (Å²) in [6.45, 7) is 3.59. The summed E-state index contributed by atoms with van der Waals surface area (Å²) in [4.78, 5) is 22.7. The van der Waals surface area contributed by atoms with Crippen LogP contribution in [-0.4, -0.2) is 45.4 Å². The molecule has 1 aliphatic rings. The second-order valence-corrected chi connectivity index (χ2v) is 7.15. The van der Waals surface area contributed by atoms with Crippen molar-refractivity contribution in [1.82, 2.24) is 4.90 Å². The van der Waals surface area contributed by atoms with Gasteiger partial charge in [0.25, 0.3) is 0 Å². The number of nitrogens with zero attached hydrogens (tertiary/aromatic N) is 1. The zero-order valence-corrected chi connectivity index (χ0v) is 11.4. The van der Waals surface area contributed by atoms with E-state index in [1.54, 1.807) is 6.92 Å². The van der Waals surface area contributed by atoms with Crippen LogP contribution >= 0.6 is 7.37 Å². The fraction of sp³-hybridized carbons (Fsp3) is 0.909. The molecule has 1 aliphatic carbocycles. The van der Waals surface area contributed by atoms with Crippen molar-refractivity contribution in [1.29, 1.82) is 0 Å². The van der Waals surface area contributed by atoms with Gasteiger partial charge in [-0.15, -0.1) is 0 Å². The summed E-state index contributed by atoms with van der Waals surface area (Å²) in [7, 11) is -3.50. The van der Waals surface area contributed by atoms with E-state index in [1.807, 2.05) is 0 Å². The Kier molecular flexibility index (Phi) is 5.17. The van der Waals surface area contributed by atoms with Crippen LogP contribution in [0.5, 0.6) is 0 Å². The predicted molar refractivity (Wildman–Crippen MR) is 66.0 cm³/mol. The Labute approximate surface area is 102 Å². The minimum absolute atomic E-state index is 0.138. The SMILES string of the molecule is CCN(CP(=O)(O)[C@@H]1CCCC[C@@H]1O)C(C)=O. The van der Waals surface area contributed by atoms with Gasteiger partial charge in [-0.2, -0.15) is 0 Å². The third-order valence-electron chi connectivity index (χ3n) is 3.41. The monoisotopic (exact) mass is 263 g/mol. The van der Waals surface area contributed by atoms with Gasteiger partial charge >= 0.3 is 0 Å². The van der Waals surface area contributed by atoms with Gasteiger partial charge in [-0.25, -0.2) is 0 Å². The Balaban J connectivity index is 2.72. The van der Waals surface area contributed by atoms with Gasteiger partial charge in [-0.1, -0.05) is 12.8 Å². The highest BCUT2D eigenvalue weighted by molar-refractivity contribution is 7.58. The zero-order valence-electron chi connectivity index (χ0n) is 10.5. The average molecular weight is 263 g/mol. The Hall–Kier alpha value is -0.380. The van der Waals surface area contributed by atoms with Gasteiger partial charge < -0.3 is 14.9 Å². The lowest BCUT2D eigenvalue weighted by molar-refractivity contribution is -0.127. The minimum atomic E-state index is -3.50. The predicted octanol–water partition coefficient (Wildman–Crippen LogP) is 1.39. The van der Waals surface area contributed by atoms with Gasteiger partial charge in [0.2, 0.25) is 13.3 Å². The molecule has 1 saturated carbocycles. The molecular formula is C11H22NO4P. The molecule has 5 nitrogen and oxygen atoms in total. The summed E-state index contributed by atoms with van der Waals surface area (Å²) in [5, 5.41) is 9.79. The lowest BCUT2D eigenvalue weighted by atomic mass is 9.97. The lowest BCUT2D eigenvalue weighted by Crippen LogP contribution is -2.36. The van der Waals surface area contributed by atoms with Gasteiger partial charge in [0, 0.05) is 13.5 Å². The quantitative estimate of drug-likeness (QED) is 0.751. The smallest absolute Gasteiger partial charge is 0.224 e. The fourth-order valence-corrected chi connectivity index (χ4v) is 4.71. The second kappa shape index (κ2) is 5.98. The molecule has 0 radical (unpaired) electrons. The van der Waals surface area contributed by atoms with E-state index in [4.69, 9.17) is 0 Å². The first-order valence-corrected chi connectivity index (χ1v) is 8.05. The molecule has 0 spiro atoms. The maximum Gasteiger partial charge on any atom is 0.224 e. The largest absolute Gasteiger partial charge is 0.392 e. The van der Waals surface area contributed by atoms with Crippen molar-refractivity contribution in [2.24, 2.45) is 0 Å². The molecule has 1 amide bonds. The van der Waals surface area contributed by atoms with Crippen molar-refractivity contribution in [3.8, 4) is 0 Å². The molecule has 100 valence electrons. The fourth-order valence-electron chi connectivity index (χ4n) is 2.33. The van der Waals surface area contributed by atoms with E-state index < -0.39 is 19.1 Å². The van der Waals surface area contributed by atoms with E-state index in [9.17, 15) is 19.4 Å². The minimum Gasteiger partial charge on any atom is -0.392 e. The molecular weight excluding hydrogens is 241 g/mol. The Morgan fingerprint density at radius 2 is 2.00 bits per heavy atom. The van der Waals surface area contributed by atoms with E-state index in [-0.39, 0.29) is 12.2 Å². The van der Waals surface area contributed by atoms with Crippen LogP contribution in [-0.2, 0) is 9.36 Å². The first-order chi connectivity index (χ1) is 7.88. The van der Waals surface area contributed by atoms with Crippen molar-refractivity contribution < 1.29 is 19.4 Å². The summed E-state index contributed by atoms with van der Waals surface area (Å²) < 4.78 is 12.3. The second-order valence-electron chi connectivity index (χ2n) is 4.69. The first kappa shape index (κ1) is 14.7. The van der Waals surface area contributed by atoms with Crippen molar-refractivity contribution in [2.75, 3.05) is 12.8 Å². The molecule has 2 N–H and O–H groups in total. The molecule has 1 rings (SSSR count). The first-order valence-electron chi connectivity index (χ1n) is 6.13. The summed E-state index contributed by atoms with van der Waals surface area (Å²) in [5.41, 5.74) is -0.565. The third-order valence-corrected chi connectivity index (χ3v) is 5.80. The number of hydrogen-bond acceptors (Lipinski definition) is 3. The van der Waals surface area contributed by atoms with Gasteiger partial charge in [0.05, 0.1) is 18.0 Å². The molecule has 0 bridgehead atoms. The van der Waals surface area contributed by atoms with E-state index in [0.29, 0.717) is 19.4 Å². The molecule has 3 atom stereocenters. The van der Waals surface area contributed by atoms with Crippen LogP contribution in [0.1, 0.15) is 39.5 Å². The Morgan fingerprint density at radius 3 is 2.47 bits per heavy atom. The van der Waals surface area contributed by atoms with Crippen LogP contribution in [0, 0.1) is 0 Å². The van der Waals surface area contributed by atoms with Crippen molar-refractivity contribution in [3.05, 3.63) is 0 Å². The maximum atomic E-state index is 12.3. The summed E-state index contributed by atoms with van der Waals surface area (Å²) in [5.74, 6) is -0.202. The maximum absolute atomic E-state index is 12.3. The average Bonchev–Trinajstić information content (AvgIpc) is 2.26. The molecule has 0 aliphatic heterocycles. The van der Waals surface area contributed by atoms with Crippen LogP contribution in [0.2, 0.25) is 0 Å². The summed E-state index contributed by atoms with van der Waals surface area (Å²) in [6.07, 6.45) is 2.09. The summed E-state index contributed by atoms with van der Waals surface area (Å²) in [6, 6.07) is 0. The van der Waals surface area contributed by atoms with Crippen molar-refractivity contribution >= 4 is 13.3 Å². The van der Waals surface area contributed by atoms with E-state index >= 15 is 0 Å². The zero-order chi connectivity index (χ0) is 13.1. The topological polar surface area (TPSA) is 77.8 Å². The van der Waals surface area contributed by atoms with E-state index in [2.05, 4.69) is 0 Å². The number of carbonyl (C=O) groups is 1. The Bertz CT molecular complexity index is 321. The highest BCUT2D eigenvalue weighted by atomic mass is 31.2. The number of carbonyl (C=O) groups excluding carboxylic acids is 1. The standard InChI is InChI=1S/C11H22NO4P/c1-3-12(9(2)13)8-17(15,16)11-7-5-4-6-10(11)14/h10-11,14H,3-8H2,1-2H3,(H,15,16)/t10-,11+/m0/s1. The molecule has 0 aromatic rings. The lowest BCUT2D eigenvalue weighted by Gasteiger charge is -2.33. The van der Waals surface area contributed by atoms with Crippen LogP contribution in [0.15, 0.2) is 0 Å². The third kappa shape index (κ3) is 3.80. The number of rotatable bonds is 4.